The van der Waals surface area contributed by atoms with E-state index >= 15 is 0 Å². The van der Waals surface area contributed by atoms with Crippen LogP contribution in [0.3, 0.4) is 0 Å². The minimum Gasteiger partial charge on any atom is -0.377 e. The lowest BCUT2D eigenvalue weighted by Crippen LogP contribution is -2.44. The molecule has 1 fully saturated rings. The molecule has 1 unspecified atom stereocenters. The summed E-state index contributed by atoms with van der Waals surface area (Å²) in [5.41, 5.74) is 0. The average Bonchev–Trinajstić information content (AvgIpc) is 2.23. The van der Waals surface area contributed by atoms with Gasteiger partial charge in [-0.05, 0) is 22.9 Å². The first kappa shape index (κ1) is 11.1. The Hall–Kier alpha value is -0.390. The molecule has 0 spiro atoms. The first-order chi connectivity index (χ1) is 7.20. The van der Waals surface area contributed by atoms with Crippen LogP contribution in [0.5, 0.6) is 0 Å². The van der Waals surface area contributed by atoms with Crippen molar-refractivity contribution < 1.29 is 4.74 Å². The highest BCUT2D eigenvalue weighted by Crippen LogP contribution is 2.30. The summed E-state index contributed by atoms with van der Waals surface area (Å²) in [6, 6.07) is 0.306. The SMILES string of the molecule is CC1COCCN1c1ncnc(Cl)c1Br. The van der Waals surface area contributed by atoms with Gasteiger partial charge < -0.3 is 9.64 Å². The fourth-order valence-electron chi connectivity index (χ4n) is 1.58. The monoisotopic (exact) mass is 291 g/mol. The molecule has 6 heteroatoms. The van der Waals surface area contributed by atoms with E-state index in [4.69, 9.17) is 16.3 Å². The number of ether oxygens (including phenoxy) is 1. The molecule has 0 aliphatic carbocycles. The van der Waals surface area contributed by atoms with Crippen molar-refractivity contribution in [2.45, 2.75) is 13.0 Å². The van der Waals surface area contributed by atoms with Gasteiger partial charge in [0.15, 0.2) is 0 Å². The van der Waals surface area contributed by atoms with Gasteiger partial charge in [-0.2, -0.15) is 0 Å². The van der Waals surface area contributed by atoms with Crippen molar-refractivity contribution in [2.75, 3.05) is 24.7 Å². The maximum atomic E-state index is 5.92. The molecule has 1 aromatic heterocycles. The summed E-state index contributed by atoms with van der Waals surface area (Å²) in [5.74, 6) is 0.839. The second kappa shape index (κ2) is 4.63. The van der Waals surface area contributed by atoms with Crippen molar-refractivity contribution in [1.29, 1.82) is 0 Å². The molecule has 0 N–H and O–H groups in total. The molecule has 1 aromatic rings. The Bertz CT molecular complexity index is 363. The number of halogens is 2. The summed E-state index contributed by atoms with van der Waals surface area (Å²) in [4.78, 5) is 10.3. The highest BCUT2D eigenvalue weighted by molar-refractivity contribution is 9.10. The zero-order valence-electron chi connectivity index (χ0n) is 8.28. The van der Waals surface area contributed by atoms with E-state index in [2.05, 4.69) is 37.7 Å². The van der Waals surface area contributed by atoms with Crippen molar-refractivity contribution in [3.05, 3.63) is 16.0 Å². The van der Waals surface area contributed by atoms with E-state index in [9.17, 15) is 0 Å². The van der Waals surface area contributed by atoms with Crippen LogP contribution in [0.4, 0.5) is 5.82 Å². The maximum Gasteiger partial charge on any atom is 0.148 e. The summed E-state index contributed by atoms with van der Waals surface area (Å²) in [6.45, 7) is 4.36. The highest BCUT2D eigenvalue weighted by atomic mass is 79.9. The predicted molar refractivity (Wildman–Crippen MR) is 62.4 cm³/mol. The number of anilines is 1. The van der Waals surface area contributed by atoms with E-state index < -0.39 is 0 Å². The van der Waals surface area contributed by atoms with E-state index in [1.165, 1.54) is 6.33 Å². The summed E-state index contributed by atoms with van der Waals surface area (Å²) in [7, 11) is 0. The van der Waals surface area contributed by atoms with Crippen LogP contribution in [-0.2, 0) is 4.74 Å². The Balaban J connectivity index is 2.31. The quantitative estimate of drug-likeness (QED) is 0.743. The number of nitrogens with zero attached hydrogens (tertiary/aromatic N) is 3. The molecule has 4 nitrogen and oxygen atoms in total. The smallest absolute Gasteiger partial charge is 0.148 e. The normalized spacial score (nSPS) is 21.8. The second-order valence-corrected chi connectivity index (χ2v) is 4.57. The molecule has 1 aliphatic rings. The molecule has 0 radical (unpaired) electrons. The lowest BCUT2D eigenvalue weighted by molar-refractivity contribution is 0.0984. The van der Waals surface area contributed by atoms with Crippen LogP contribution in [0.2, 0.25) is 5.15 Å². The van der Waals surface area contributed by atoms with Gasteiger partial charge in [-0.25, -0.2) is 9.97 Å². The minimum atomic E-state index is 0.306. The van der Waals surface area contributed by atoms with Gasteiger partial charge in [-0.3, -0.25) is 0 Å². The van der Waals surface area contributed by atoms with Crippen molar-refractivity contribution in [2.24, 2.45) is 0 Å². The fourth-order valence-corrected chi connectivity index (χ4v) is 2.14. The summed E-state index contributed by atoms with van der Waals surface area (Å²) in [6.07, 6.45) is 1.48. The Morgan fingerprint density at radius 3 is 3.13 bits per heavy atom. The van der Waals surface area contributed by atoms with Gasteiger partial charge in [-0.15, -0.1) is 0 Å². The van der Waals surface area contributed by atoms with Crippen LogP contribution >= 0.6 is 27.5 Å². The topological polar surface area (TPSA) is 38.2 Å². The van der Waals surface area contributed by atoms with Gasteiger partial charge in [0.2, 0.25) is 0 Å². The van der Waals surface area contributed by atoms with Gasteiger partial charge in [0.05, 0.1) is 23.7 Å². The Morgan fingerprint density at radius 1 is 1.60 bits per heavy atom. The van der Waals surface area contributed by atoms with Gasteiger partial charge >= 0.3 is 0 Å². The van der Waals surface area contributed by atoms with Crippen LogP contribution in [0.15, 0.2) is 10.8 Å². The fraction of sp³-hybridized carbons (Fsp3) is 0.556. The van der Waals surface area contributed by atoms with E-state index in [0.717, 1.165) is 23.4 Å². The molecule has 2 heterocycles. The number of rotatable bonds is 1. The van der Waals surface area contributed by atoms with Gasteiger partial charge in [0, 0.05) is 6.54 Å². The third-order valence-electron chi connectivity index (χ3n) is 2.37. The van der Waals surface area contributed by atoms with Crippen LogP contribution in [0.1, 0.15) is 6.92 Å². The Kier molecular flexibility index (Phi) is 3.43. The van der Waals surface area contributed by atoms with Crippen LogP contribution < -0.4 is 4.90 Å². The molecular formula is C9H11BrClN3O. The zero-order valence-corrected chi connectivity index (χ0v) is 10.6. The number of aromatic nitrogens is 2. The maximum absolute atomic E-state index is 5.92. The molecule has 0 aromatic carbocycles. The number of hydrogen-bond donors (Lipinski definition) is 0. The molecule has 2 rings (SSSR count). The van der Waals surface area contributed by atoms with Crippen molar-refractivity contribution in [1.82, 2.24) is 9.97 Å². The third kappa shape index (κ3) is 2.24. The summed E-state index contributed by atoms with van der Waals surface area (Å²) >= 11 is 9.33. The Morgan fingerprint density at radius 2 is 2.40 bits per heavy atom. The number of morpholine rings is 1. The summed E-state index contributed by atoms with van der Waals surface area (Å²) in [5, 5.41) is 0.443. The molecule has 1 saturated heterocycles. The van der Waals surface area contributed by atoms with Crippen molar-refractivity contribution >= 4 is 33.3 Å². The zero-order chi connectivity index (χ0) is 10.8. The van der Waals surface area contributed by atoms with Gasteiger partial charge in [-0.1, -0.05) is 11.6 Å². The van der Waals surface area contributed by atoms with E-state index in [0.29, 0.717) is 17.8 Å². The lowest BCUT2D eigenvalue weighted by atomic mass is 10.2. The molecule has 0 bridgehead atoms. The van der Waals surface area contributed by atoms with E-state index in [-0.39, 0.29) is 0 Å². The standard InChI is InChI=1S/C9H11BrClN3O/c1-6-4-15-3-2-14(6)9-7(10)8(11)12-5-13-9/h5-6H,2-4H2,1H3. The second-order valence-electron chi connectivity index (χ2n) is 3.42. The molecule has 1 aliphatic heterocycles. The van der Waals surface area contributed by atoms with Gasteiger partial charge in [0.25, 0.3) is 0 Å². The third-order valence-corrected chi connectivity index (χ3v) is 3.61. The average molecular weight is 293 g/mol. The van der Waals surface area contributed by atoms with E-state index in [1.54, 1.807) is 0 Å². The highest BCUT2D eigenvalue weighted by Gasteiger charge is 2.23. The molecule has 0 saturated carbocycles. The molecule has 1 atom stereocenters. The molecule has 82 valence electrons. The number of hydrogen-bond acceptors (Lipinski definition) is 4. The van der Waals surface area contributed by atoms with E-state index in [1.807, 2.05) is 0 Å². The van der Waals surface area contributed by atoms with Crippen molar-refractivity contribution in [3.8, 4) is 0 Å². The first-order valence-corrected chi connectivity index (χ1v) is 5.87. The molecular weight excluding hydrogens is 281 g/mol. The molecule has 15 heavy (non-hydrogen) atoms. The molecule has 0 amide bonds. The first-order valence-electron chi connectivity index (χ1n) is 4.70. The van der Waals surface area contributed by atoms with Crippen molar-refractivity contribution in [3.63, 3.8) is 0 Å². The predicted octanol–water partition coefficient (Wildman–Crippen LogP) is 2.12. The summed E-state index contributed by atoms with van der Waals surface area (Å²) < 4.78 is 6.12. The largest absolute Gasteiger partial charge is 0.377 e. The van der Waals surface area contributed by atoms with Crippen LogP contribution in [0, 0.1) is 0 Å². The Labute approximate surface area is 102 Å². The van der Waals surface area contributed by atoms with Crippen LogP contribution in [-0.4, -0.2) is 35.8 Å². The lowest BCUT2D eigenvalue weighted by Gasteiger charge is -2.34. The minimum absolute atomic E-state index is 0.306. The van der Waals surface area contributed by atoms with Crippen LogP contribution in [0.25, 0.3) is 0 Å². The van der Waals surface area contributed by atoms with Gasteiger partial charge in [0.1, 0.15) is 17.3 Å².